The van der Waals surface area contributed by atoms with Crippen LogP contribution in [0.15, 0.2) is 10.7 Å². The quantitative estimate of drug-likeness (QED) is 0.811. The molecule has 0 spiro atoms. The van der Waals surface area contributed by atoms with Crippen LogP contribution in [0.1, 0.15) is 20.3 Å². The van der Waals surface area contributed by atoms with E-state index in [0.717, 1.165) is 13.0 Å². The van der Waals surface area contributed by atoms with E-state index in [1.807, 2.05) is 6.92 Å². The largest absolute Gasteiger partial charge is 0.383 e. The maximum absolute atomic E-state index is 5.66. The topological polar surface area (TPSA) is 73.1 Å². The van der Waals surface area contributed by atoms with E-state index in [2.05, 4.69) is 38.1 Å². The van der Waals surface area contributed by atoms with E-state index < -0.39 is 0 Å². The first kappa shape index (κ1) is 11.6. The molecular weight excluding hydrogens is 272 g/mol. The minimum absolute atomic E-state index is 0.132. The van der Waals surface area contributed by atoms with Gasteiger partial charge in [0.1, 0.15) is 10.4 Å². The number of halogens is 1. The van der Waals surface area contributed by atoms with Gasteiger partial charge in [0.25, 0.3) is 0 Å². The molecule has 88 valence electrons. The molecule has 1 aliphatic heterocycles. The number of nitrogens with two attached hydrogens (primary N) is 1. The monoisotopic (exact) mass is 286 g/mol. The zero-order chi connectivity index (χ0) is 11.8. The molecular formula is C10H15BrN4O. The molecule has 1 aromatic heterocycles. The van der Waals surface area contributed by atoms with Crippen LogP contribution in [0.2, 0.25) is 0 Å². The summed E-state index contributed by atoms with van der Waals surface area (Å²) in [5.41, 5.74) is 5.53. The number of rotatable bonds is 2. The van der Waals surface area contributed by atoms with Gasteiger partial charge in [-0.2, -0.15) is 4.98 Å². The smallest absolute Gasteiger partial charge is 0.226 e. The van der Waals surface area contributed by atoms with Crippen LogP contribution in [0.3, 0.4) is 0 Å². The minimum atomic E-state index is -0.132. The van der Waals surface area contributed by atoms with E-state index in [1.165, 1.54) is 0 Å². The molecule has 0 bridgehead atoms. The molecule has 0 amide bonds. The third kappa shape index (κ3) is 2.27. The number of anilines is 2. The SMILES string of the molecule is CC1OCCC1(C)Nc1nc(N)cc(Br)n1. The summed E-state index contributed by atoms with van der Waals surface area (Å²) in [5.74, 6) is 0.978. The van der Waals surface area contributed by atoms with Crippen molar-refractivity contribution in [3.63, 3.8) is 0 Å². The molecule has 2 heterocycles. The van der Waals surface area contributed by atoms with Crippen molar-refractivity contribution in [3.05, 3.63) is 10.7 Å². The lowest BCUT2D eigenvalue weighted by Gasteiger charge is -2.28. The zero-order valence-electron chi connectivity index (χ0n) is 9.33. The summed E-state index contributed by atoms with van der Waals surface area (Å²) in [6.45, 7) is 4.90. The van der Waals surface area contributed by atoms with E-state index in [-0.39, 0.29) is 11.6 Å². The van der Waals surface area contributed by atoms with Gasteiger partial charge in [-0.1, -0.05) is 0 Å². The fraction of sp³-hybridized carbons (Fsp3) is 0.600. The summed E-state index contributed by atoms with van der Waals surface area (Å²) >= 11 is 3.29. The second-order valence-corrected chi connectivity index (χ2v) is 5.06. The Morgan fingerprint density at radius 2 is 2.38 bits per heavy atom. The molecule has 1 fully saturated rings. The molecule has 5 nitrogen and oxygen atoms in total. The third-order valence-corrected chi connectivity index (χ3v) is 3.40. The second-order valence-electron chi connectivity index (χ2n) is 4.24. The Morgan fingerprint density at radius 1 is 1.62 bits per heavy atom. The normalized spacial score (nSPS) is 29.3. The first-order valence-corrected chi connectivity index (χ1v) is 5.99. The highest BCUT2D eigenvalue weighted by Crippen LogP contribution is 2.28. The van der Waals surface area contributed by atoms with Gasteiger partial charge < -0.3 is 15.8 Å². The molecule has 16 heavy (non-hydrogen) atoms. The fourth-order valence-corrected chi connectivity index (χ4v) is 2.15. The van der Waals surface area contributed by atoms with Crippen LogP contribution in [0.25, 0.3) is 0 Å². The highest BCUT2D eigenvalue weighted by molar-refractivity contribution is 9.10. The highest BCUT2D eigenvalue weighted by atomic mass is 79.9. The molecule has 1 saturated heterocycles. The van der Waals surface area contributed by atoms with E-state index >= 15 is 0 Å². The van der Waals surface area contributed by atoms with Crippen molar-refractivity contribution in [1.29, 1.82) is 0 Å². The van der Waals surface area contributed by atoms with Gasteiger partial charge in [0, 0.05) is 12.7 Å². The molecule has 1 aromatic rings. The van der Waals surface area contributed by atoms with Gasteiger partial charge in [0.05, 0.1) is 11.6 Å². The molecule has 3 N–H and O–H groups in total. The fourth-order valence-electron chi connectivity index (χ4n) is 1.75. The van der Waals surface area contributed by atoms with Gasteiger partial charge in [-0.3, -0.25) is 0 Å². The molecule has 0 aliphatic carbocycles. The van der Waals surface area contributed by atoms with Crippen molar-refractivity contribution < 1.29 is 4.74 Å². The Labute approximate surface area is 103 Å². The van der Waals surface area contributed by atoms with Crippen molar-refractivity contribution >= 4 is 27.7 Å². The second kappa shape index (κ2) is 4.18. The average Bonchev–Trinajstić information content (AvgIpc) is 2.44. The van der Waals surface area contributed by atoms with Gasteiger partial charge in [0.15, 0.2) is 0 Å². The first-order valence-electron chi connectivity index (χ1n) is 5.19. The van der Waals surface area contributed by atoms with Gasteiger partial charge in [-0.15, -0.1) is 0 Å². The Hall–Kier alpha value is -0.880. The summed E-state index contributed by atoms with van der Waals surface area (Å²) < 4.78 is 6.22. The van der Waals surface area contributed by atoms with E-state index in [1.54, 1.807) is 6.07 Å². The van der Waals surface area contributed by atoms with Gasteiger partial charge >= 0.3 is 0 Å². The lowest BCUT2D eigenvalue weighted by atomic mass is 9.95. The van der Waals surface area contributed by atoms with Crippen molar-refractivity contribution in [2.24, 2.45) is 0 Å². The van der Waals surface area contributed by atoms with Crippen molar-refractivity contribution in [2.75, 3.05) is 17.7 Å². The Balaban J connectivity index is 2.20. The van der Waals surface area contributed by atoms with Crippen LogP contribution in [0.4, 0.5) is 11.8 Å². The standard InChI is InChI=1S/C10H15BrN4O/c1-6-10(2,3-4-16-6)15-9-13-7(11)5-8(12)14-9/h5-6H,3-4H2,1-2H3,(H3,12,13,14,15). The molecule has 2 atom stereocenters. The van der Waals surface area contributed by atoms with Gasteiger partial charge in [-0.05, 0) is 36.2 Å². The first-order chi connectivity index (χ1) is 7.49. The third-order valence-electron chi connectivity index (χ3n) is 3.00. The predicted molar refractivity (Wildman–Crippen MR) is 66.2 cm³/mol. The average molecular weight is 287 g/mol. The minimum Gasteiger partial charge on any atom is -0.383 e. The summed E-state index contributed by atoms with van der Waals surface area (Å²) in [7, 11) is 0. The van der Waals surface area contributed by atoms with Crippen molar-refractivity contribution in [1.82, 2.24) is 9.97 Å². The van der Waals surface area contributed by atoms with Crippen LogP contribution in [0.5, 0.6) is 0 Å². The number of nitrogens with one attached hydrogen (secondary N) is 1. The molecule has 2 unspecified atom stereocenters. The molecule has 0 aromatic carbocycles. The molecule has 6 heteroatoms. The molecule has 2 rings (SSSR count). The van der Waals surface area contributed by atoms with Crippen LogP contribution in [-0.2, 0) is 4.74 Å². The van der Waals surface area contributed by atoms with Crippen LogP contribution in [0, 0.1) is 0 Å². The van der Waals surface area contributed by atoms with Crippen molar-refractivity contribution in [3.8, 4) is 0 Å². The predicted octanol–water partition coefficient (Wildman–Crippen LogP) is 1.80. The number of ether oxygens (including phenoxy) is 1. The number of hydrogen-bond donors (Lipinski definition) is 2. The lowest BCUT2D eigenvalue weighted by Crippen LogP contribution is -2.41. The Bertz CT molecular complexity index is 380. The van der Waals surface area contributed by atoms with E-state index in [9.17, 15) is 0 Å². The van der Waals surface area contributed by atoms with Crippen molar-refractivity contribution in [2.45, 2.75) is 31.9 Å². The zero-order valence-corrected chi connectivity index (χ0v) is 10.9. The van der Waals surface area contributed by atoms with Gasteiger partial charge in [0.2, 0.25) is 5.95 Å². The van der Waals surface area contributed by atoms with E-state index in [0.29, 0.717) is 16.4 Å². The maximum Gasteiger partial charge on any atom is 0.226 e. The summed E-state index contributed by atoms with van der Waals surface area (Å²) in [4.78, 5) is 8.38. The van der Waals surface area contributed by atoms with Crippen LogP contribution < -0.4 is 11.1 Å². The lowest BCUT2D eigenvalue weighted by molar-refractivity contribution is 0.105. The molecule has 0 saturated carbocycles. The number of aromatic nitrogens is 2. The Morgan fingerprint density at radius 3 is 2.94 bits per heavy atom. The number of hydrogen-bond acceptors (Lipinski definition) is 5. The van der Waals surface area contributed by atoms with E-state index in [4.69, 9.17) is 10.5 Å². The van der Waals surface area contributed by atoms with Crippen LogP contribution in [-0.4, -0.2) is 28.2 Å². The maximum atomic E-state index is 5.66. The van der Waals surface area contributed by atoms with Crippen LogP contribution >= 0.6 is 15.9 Å². The van der Waals surface area contributed by atoms with Gasteiger partial charge in [-0.25, -0.2) is 4.98 Å². The summed E-state index contributed by atoms with van der Waals surface area (Å²) in [6, 6.07) is 1.67. The summed E-state index contributed by atoms with van der Waals surface area (Å²) in [6.07, 6.45) is 1.07. The molecule has 1 aliphatic rings. The highest BCUT2D eigenvalue weighted by Gasteiger charge is 2.37. The number of nitrogen functional groups attached to an aromatic ring is 1. The Kier molecular flexibility index (Phi) is 3.03. The number of nitrogens with zero attached hydrogens (tertiary/aromatic N) is 2. The summed E-state index contributed by atoms with van der Waals surface area (Å²) in [5, 5.41) is 3.29. The molecule has 0 radical (unpaired) electrons.